The summed E-state index contributed by atoms with van der Waals surface area (Å²) < 4.78 is 18.6. The van der Waals surface area contributed by atoms with Crippen molar-refractivity contribution in [1.82, 2.24) is 5.32 Å². The highest BCUT2D eigenvalue weighted by atomic mass is 19.1. The average Bonchev–Trinajstić information content (AvgIpc) is 2.27. The number of aromatic carboxylic acids is 1. The van der Waals surface area contributed by atoms with Gasteiger partial charge in [0.15, 0.2) is 6.10 Å². The zero-order chi connectivity index (χ0) is 14.6. The molecule has 2 N–H and O–H groups in total. The molecule has 0 saturated carbocycles. The molecule has 0 fully saturated rings. The first-order valence-electron chi connectivity index (χ1n) is 5.81. The molecule has 1 unspecified atom stereocenters. The lowest BCUT2D eigenvalue weighted by Gasteiger charge is -2.17. The zero-order valence-corrected chi connectivity index (χ0v) is 10.9. The number of hydrogen-bond acceptors (Lipinski definition) is 3. The van der Waals surface area contributed by atoms with Crippen LogP contribution in [0.5, 0.6) is 5.75 Å². The molecule has 5 nitrogen and oxygen atoms in total. The molecule has 19 heavy (non-hydrogen) atoms. The minimum absolute atomic E-state index is 0.0648. The van der Waals surface area contributed by atoms with Crippen LogP contribution in [0.1, 0.15) is 31.1 Å². The molecule has 0 radical (unpaired) electrons. The number of halogens is 1. The summed E-state index contributed by atoms with van der Waals surface area (Å²) in [4.78, 5) is 22.6. The lowest BCUT2D eigenvalue weighted by atomic mass is 10.2. The molecule has 0 bridgehead atoms. The minimum atomic E-state index is -1.44. The van der Waals surface area contributed by atoms with E-state index >= 15 is 0 Å². The van der Waals surface area contributed by atoms with Crippen molar-refractivity contribution in [3.05, 3.63) is 29.6 Å². The van der Waals surface area contributed by atoms with Crippen LogP contribution in [0.4, 0.5) is 4.39 Å². The van der Waals surface area contributed by atoms with Crippen molar-refractivity contribution < 1.29 is 23.8 Å². The fourth-order valence-electron chi connectivity index (χ4n) is 1.46. The second-order valence-electron chi connectivity index (χ2n) is 4.34. The Morgan fingerprint density at radius 3 is 2.47 bits per heavy atom. The number of carbonyl (C=O) groups is 2. The first-order chi connectivity index (χ1) is 8.82. The van der Waals surface area contributed by atoms with E-state index in [2.05, 4.69) is 5.32 Å². The predicted octanol–water partition coefficient (Wildman–Crippen LogP) is 1.82. The third kappa shape index (κ3) is 3.94. The van der Waals surface area contributed by atoms with Gasteiger partial charge in [-0.3, -0.25) is 4.79 Å². The van der Waals surface area contributed by atoms with E-state index in [-0.39, 0.29) is 11.8 Å². The van der Waals surface area contributed by atoms with Gasteiger partial charge in [-0.1, -0.05) is 6.07 Å². The molecule has 104 valence electrons. The van der Waals surface area contributed by atoms with E-state index in [0.29, 0.717) is 0 Å². The standard InChI is InChI=1S/C13H16FNO4/c1-7(2)15-12(16)8(3)19-10-6-4-5-9(14)11(10)13(17)18/h4-8H,1-3H3,(H,15,16)(H,17,18). The van der Waals surface area contributed by atoms with Crippen molar-refractivity contribution >= 4 is 11.9 Å². The van der Waals surface area contributed by atoms with Crippen LogP contribution in [0.2, 0.25) is 0 Å². The third-order valence-electron chi connectivity index (χ3n) is 2.29. The molecule has 1 aromatic carbocycles. The SMILES string of the molecule is CC(C)NC(=O)C(C)Oc1cccc(F)c1C(=O)O. The van der Waals surface area contributed by atoms with Gasteiger partial charge in [0.25, 0.3) is 5.91 Å². The minimum Gasteiger partial charge on any atom is -0.480 e. The summed E-state index contributed by atoms with van der Waals surface area (Å²) in [6.07, 6.45) is -0.915. The van der Waals surface area contributed by atoms with Gasteiger partial charge in [0, 0.05) is 6.04 Å². The van der Waals surface area contributed by atoms with Crippen molar-refractivity contribution in [2.75, 3.05) is 0 Å². The van der Waals surface area contributed by atoms with Gasteiger partial charge < -0.3 is 15.2 Å². The molecule has 0 heterocycles. The van der Waals surface area contributed by atoms with Gasteiger partial charge >= 0.3 is 5.97 Å². The largest absolute Gasteiger partial charge is 0.480 e. The van der Waals surface area contributed by atoms with Gasteiger partial charge in [0.1, 0.15) is 17.1 Å². The van der Waals surface area contributed by atoms with E-state index in [4.69, 9.17) is 9.84 Å². The Labute approximate surface area is 110 Å². The monoisotopic (exact) mass is 269 g/mol. The van der Waals surface area contributed by atoms with Crippen LogP contribution in [0.15, 0.2) is 18.2 Å². The molecule has 1 atom stereocenters. The average molecular weight is 269 g/mol. The molecule has 0 aliphatic carbocycles. The maximum absolute atomic E-state index is 13.4. The quantitative estimate of drug-likeness (QED) is 0.854. The summed E-state index contributed by atoms with van der Waals surface area (Å²) in [7, 11) is 0. The normalized spacial score (nSPS) is 12.1. The summed E-state index contributed by atoms with van der Waals surface area (Å²) in [6, 6.07) is 3.59. The number of hydrogen-bond donors (Lipinski definition) is 2. The maximum atomic E-state index is 13.4. The summed E-state index contributed by atoms with van der Waals surface area (Å²) in [5, 5.41) is 11.5. The highest BCUT2D eigenvalue weighted by Crippen LogP contribution is 2.22. The van der Waals surface area contributed by atoms with E-state index < -0.39 is 29.4 Å². The van der Waals surface area contributed by atoms with Gasteiger partial charge in [-0.25, -0.2) is 9.18 Å². The lowest BCUT2D eigenvalue weighted by Crippen LogP contribution is -2.40. The van der Waals surface area contributed by atoms with E-state index in [1.807, 2.05) is 0 Å². The van der Waals surface area contributed by atoms with Crippen LogP contribution in [-0.2, 0) is 4.79 Å². The molecule has 1 amide bonds. The topological polar surface area (TPSA) is 75.6 Å². The van der Waals surface area contributed by atoms with Crippen LogP contribution < -0.4 is 10.1 Å². The molecule has 1 aromatic rings. The van der Waals surface area contributed by atoms with Crippen molar-refractivity contribution in [1.29, 1.82) is 0 Å². The molecule has 0 saturated heterocycles. The van der Waals surface area contributed by atoms with E-state index in [1.165, 1.54) is 19.1 Å². The second-order valence-corrected chi connectivity index (χ2v) is 4.34. The van der Waals surface area contributed by atoms with Crippen molar-refractivity contribution in [2.45, 2.75) is 32.9 Å². The zero-order valence-electron chi connectivity index (χ0n) is 10.9. The first-order valence-corrected chi connectivity index (χ1v) is 5.81. The molecule has 0 aromatic heterocycles. The molecule has 0 aliphatic rings. The highest BCUT2D eigenvalue weighted by molar-refractivity contribution is 5.91. The van der Waals surface area contributed by atoms with Crippen LogP contribution in [0, 0.1) is 5.82 Å². The van der Waals surface area contributed by atoms with Crippen LogP contribution in [0.25, 0.3) is 0 Å². The maximum Gasteiger partial charge on any atom is 0.342 e. The van der Waals surface area contributed by atoms with Gasteiger partial charge in [-0.05, 0) is 32.9 Å². The van der Waals surface area contributed by atoms with Crippen molar-refractivity contribution in [3.63, 3.8) is 0 Å². The Kier molecular flexibility index (Phi) is 4.86. The number of carboxylic acids is 1. The van der Waals surface area contributed by atoms with Gasteiger partial charge in [0.2, 0.25) is 0 Å². The molecule has 0 aliphatic heterocycles. The Bertz CT molecular complexity index is 488. The summed E-state index contributed by atoms with van der Waals surface area (Å²) >= 11 is 0. The van der Waals surface area contributed by atoms with Gasteiger partial charge in [-0.15, -0.1) is 0 Å². The van der Waals surface area contributed by atoms with Gasteiger partial charge in [0.05, 0.1) is 0 Å². The number of amides is 1. The second kappa shape index (κ2) is 6.17. The fraction of sp³-hybridized carbons (Fsp3) is 0.385. The Hall–Kier alpha value is -2.11. The smallest absolute Gasteiger partial charge is 0.342 e. The molecular formula is C13H16FNO4. The summed E-state index contributed by atoms with van der Waals surface area (Å²) in [6.45, 7) is 5.04. The lowest BCUT2D eigenvalue weighted by molar-refractivity contribution is -0.127. The number of ether oxygens (including phenoxy) is 1. The van der Waals surface area contributed by atoms with Crippen LogP contribution in [-0.4, -0.2) is 29.1 Å². The highest BCUT2D eigenvalue weighted by Gasteiger charge is 2.21. The summed E-state index contributed by atoms with van der Waals surface area (Å²) in [5.41, 5.74) is -0.577. The van der Waals surface area contributed by atoms with E-state index in [1.54, 1.807) is 13.8 Å². The summed E-state index contributed by atoms with van der Waals surface area (Å²) in [5.74, 6) is -2.90. The fourth-order valence-corrected chi connectivity index (χ4v) is 1.46. The third-order valence-corrected chi connectivity index (χ3v) is 2.29. The predicted molar refractivity (Wildman–Crippen MR) is 66.7 cm³/mol. The molecular weight excluding hydrogens is 253 g/mol. The molecule has 1 rings (SSSR count). The number of rotatable bonds is 5. The molecule has 6 heteroatoms. The Balaban J connectivity index is 2.91. The Morgan fingerprint density at radius 1 is 1.32 bits per heavy atom. The van der Waals surface area contributed by atoms with Crippen LogP contribution in [0.3, 0.4) is 0 Å². The van der Waals surface area contributed by atoms with E-state index in [9.17, 15) is 14.0 Å². The number of carbonyl (C=O) groups excluding carboxylic acids is 1. The van der Waals surface area contributed by atoms with E-state index in [0.717, 1.165) is 6.07 Å². The number of carboxylic acid groups (broad SMARTS) is 1. The molecule has 0 spiro atoms. The Morgan fingerprint density at radius 2 is 1.95 bits per heavy atom. The first kappa shape index (κ1) is 14.9. The number of benzene rings is 1. The van der Waals surface area contributed by atoms with Gasteiger partial charge in [-0.2, -0.15) is 0 Å². The van der Waals surface area contributed by atoms with Crippen LogP contribution >= 0.6 is 0 Å². The number of nitrogens with one attached hydrogen (secondary N) is 1. The van der Waals surface area contributed by atoms with Crippen molar-refractivity contribution in [3.8, 4) is 5.75 Å². The van der Waals surface area contributed by atoms with Crippen molar-refractivity contribution in [2.24, 2.45) is 0 Å².